The Bertz CT molecular complexity index is 765. The molecule has 0 fully saturated rings. The number of pyridine rings is 1. The van der Waals surface area contributed by atoms with E-state index in [1.807, 2.05) is 18.2 Å². The Labute approximate surface area is 108 Å². The van der Waals surface area contributed by atoms with Crippen LogP contribution in [0.2, 0.25) is 0 Å². The van der Waals surface area contributed by atoms with Crippen molar-refractivity contribution in [1.82, 2.24) is 19.4 Å². The van der Waals surface area contributed by atoms with E-state index in [2.05, 4.69) is 15.0 Å². The largest absolute Gasteiger partial charge is 0.477 e. The molecule has 0 atom stereocenters. The summed E-state index contributed by atoms with van der Waals surface area (Å²) in [5.74, 6) is -1.02. The average molecular weight is 254 g/mol. The standard InChI is InChI=1S/C13H10N4O2/c1-8-12(13(18)19)17-7-15-10(6-11(17)16-8)9-4-2-3-5-14-9/h2-7H,1H3,(H,18,19). The maximum Gasteiger partial charge on any atom is 0.354 e. The molecule has 0 aliphatic carbocycles. The van der Waals surface area contributed by atoms with Crippen LogP contribution in [0.1, 0.15) is 16.2 Å². The van der Waals surface area contributed by atoms with Crippen LogP contribution in [-0.4, -0.2) is 30.4 Å². The Balaban J connectivity index is 2.21. The molecule has 0 amide bonds. The van der Waals surface area contributed by atoms with E-state index >= 15 is 0 Å². The quantitative estimate of drug-likeness (QED) is 0.754. The van der Waals surface area contributed by atoms with Crippen molar-refractivity contribution in [1.29, 1.82) is 0 Å². The van der Waals surface area contributed by atoms with Gasteiger partial charge in [0.25, 0.3) is 0 Å². The number of imidazole rings is 1. The van der Waals surface area contributed by atoms with Gasteiger partial charge in [-0.15, -0.1) is 0 Å². The highest BCUT2D eigenvalue weighted by atomic mass is 16.4. The summed E-state index contributed by atoms with van der Waals surface area (Å²) in [5, 5.41) is 9.14. The molecule has 0 aliphatic rings. The molecule has 3 heterocycles. The van der Waals surface area contributed by atoms with Gasteiger partial charge >= 0.3 is 5.97 Å². The van der Waals surface area contributed by atoms with Crippen molar-refractivity contribution in [2.75, 3.05) is 0 Å². The third-order valence-corrected chi connectivity index (χ3v) is 2.82. The predicted octanol–water partition coefficient (Wildman–Crippen LogP) is 1.80. The van der Waals surface area contributed by atoms with Gasteiger partial charge in [0, 0.05) is 12.3 Å². The van der Waals surface area contributed by atoms with Crippen LogP contribution in [0.4, 0.5) is 0 Å². The first-order valence-electron chi connectivity index (χ1n) is 5.66. The van der Waals surface area contributed by atoms with E-state index in [9.17, 15) is 4.79 Å². The summed E-state index contributed by atoms with van der Waals surface area (Å²) in [5.41, 5.74) is 2.53. The molecule has 94 valence electrons. The van der Waals surface area contributed by atoms with E-state index in [-0.39, 0.29) is 5.69 Å². The first kappa shape index (κ1) is 11.3. The van der Waals surface area contributed by atoms with Crippen molar-refractivity contribution in [3.05, 3.63) is 48.2 Å². The van der Waals surface area contributed by atoms with Gasteiger partial charge in [0.2, 0.25) is 0 Å². The first-order chi connectivity index (χ1) is 9.16. The topological polar surface area (TPSA) is 80.4 Å². The van der Waals surface area contributed by atoms with Crippen LogP contribution in [0.15, 0.2) is 36.8 Å². The normalized spacial score (nSPS) is 10.8. The number of hydrogen-bond acceptors (Lipinski definition) is 4. The summed E-state index contributed by atoms with van der Waals surface area (Å²) in [6.45, 7) is 1.66. The van der Waals surface area contributed by atoms with Gasteiger partial charge in [-0.2, -0.15) is 0 Å². The van der Waals surface area contributed by atoms with Crippen LogP contribution in [0.3, 0.4) is 0 Å². The minimum absolute atomic E-state index is 0.134. The molecule has 6 nitrogen and oxygen atoms in total. The number of fused-ring (bicyclic) bond motifs is 1. The van der Waals surface area contributed by atoms with Gasteiger partial charge in [-0.3, -0.25) is 9.38 Å². The highest BCUT2D eigenvalue weighted by molar-refractivity contribution is 5.88. The second kappa shape index (κ2) is 4.16. The van der Waals surface area contributed by atoms with Gasteiger partial charge in [0.1, 0.15) is 12.0 Å². The molecule has 3 aromatic heterocycles. The second-order valence-corrected chi connectivity index (χ2v) is 4.07. The van der Waals surface area contributed by atoms with Gasteiger partial charge < -0.3 is 5.11 Å². The van der Waals surface area contributed by atoms with E-state index < -0.39 is 5.97 Å². The molecule has 3 aromatic rings. The lowest BCUT2D eigenvalue weighted by Gasteiger charge is -2.01. The van der Waals surface area contributed by atoms with Crippen molar-refractivity contribution in [3.63, 3.8) is 0 Å². The Hall–Kier alpha value is -2.76. The molecule has 0 aliphatic heterocycles. The SMILES string of the molecule is Cc1nc2cc(-c3ccccn3)ncn2c1C(=O)O. The number of carboxylic acid groups (broad SMARTS) is 1. The summed E-state index contributed by atoms with van der Waals surface area (Å²) < 4.78 is 1.46. The van der Waals surface area contributed by atoms with Gasteiger partial charge in [-0.25, -0.2) is 14.8 Å². The number of aromatic nitrogens is 4. The minimum Gasteiger partial charge on any atom is -0.477 e. The molecule has 0 saturated carbocycles. The number of carboxylic acids is 1. The Morgan fingerprint density at radius 3 is 2.79 bits per heavy atom. The number of carbonyl (C=O) groups is 1. The zero-order chi connectivity index (χ0) is 13.4. The fourth-order valence-corrected chi connectivity index (χ4v) is 1.98. The Morgan fingerprint density at radius 1 is 1.26 bits per heavy atom. The van der Waals surface area contributed by atoms with Gasteiger partial charge in [0.15, 0.2) is 5.69 Å². The fraction of sp³-hybridized carbons (Fsp3) is 0.0769. The lowest BCUT2D eigenvalue weighted by Crippen LogP contribution is -2.04. The maximum atomic E-state index is 11.2. The highest BCUT2D eigenvalue weighted by Crippen LogP contribution is 2.17. The molecule has 0 bridgehead atoms. The van der Waals surface area contributed by atoms with Crippen LogP contribution < -0.4 is 0 Å². The van der Waals surface area contributed by atoms with Crippen molar-refractivity contribution < 1.29 is 9.90 Å². The summed E-state index contributed by atoms with van der Waals surface area (Å²) in [6, 6.07) is 7.26. The number of rotatable bonds is 2. The number of aromatic carboxylic acids is 1. The molecular formula is C13H10N4O2. The Morgan fingerprint density at radius 2 is 2.11 bits per heavy atom. The smallest absolute Gasteiger partial charge is 0.354 e. The molecule has 1 N–H and O–H groups in total. The van der Waals surface area contributed by atoms with E-state index in [0.717, 1.165) is 5.69 Å². The van der Waals surface area contributed by atoms with Crippen molar-refractivity contribution in [2.24, 2.45) is 0 Å². The lowest BCUT2D eigenvalue weighted by atomic mass is 10.2. The fourth-order valence-electron chi connectivity index (χ4n) is 1.98. The highest BCUT2D eigenvalue weighted by Gasteiger charge is 2.16. The van der Waals surface area contributed by atoms with E-state index in [1.54, 1.807) is 19.2 Å². The molecule has 6 heteroatoms. The third kappa shape index (κ3) is 1.83. The monoisotopic (exact) mass is 254 g/mol. The van der Waals surface area contributed by atoms with E-state index in [1.165, 1.54) is 10.7 Å². The molecular weight excluding hydrogens is 244 g/mol. The summed E-state index contributed by atoms with van der Waals surface area (Å²) >= 11 is 0. The summed E-state index contributed by atoms with van der Waals surface area (Å²) in [6.07, 6.45) is 3.14. The molecule has 0 radical (unpaired) electrons. The number of nitrogens with zero attached hydrogens (tertiary/aromatic N) is 4. The first-order valence-corrected chi connectivity index (χ1v) is 5.66. The van der Waals surface area contributed by atoms with Crippen LogP contribution in [-0.2, 0) is 0 Å². The molecule has 0 saturated heterocycles. The zero-order valence-electron chi connectivity index (χ0n) is 10.1. The van der Waals surface area contributed by atoms with Crippen LogP contribution in [0.5, 0.6) is 0 Å². The average Bonchev–Trinajstić information content (AvgIpc) is 2.74. The molecule has 0 spiro atoms. The molecule has 3 rings (SSSR count). The second-order valence-electron chi connectivity index (χ2n) is 4.07. The summed E-state index contributed by atoms with van der Waals surface area (Å²) in [4.78, 5) is 23.8. The van der Waals surface area contributed by atoms with Gasteiger partial charge in [-0.05, 0) is 19.1 Å². The lowest BCUT2D eigenvalue weighted by molar-refractivity contribution is 0.0688. The van der Waals surface area contributed by atoms with Crippen LogP contribution in [0.25, 0.3) is 17.0 Å². The van der Waals surface area contributed by atoms with Crippen molar-refractivity contribution >= 4 is 11.6 Å². The van der Waals surface area contributed by atoms with Gasteiger partial charge in [-0.1, -0.05) is 6.07 Å². The zero-order valence-corrected chi connectivity index (χ0v) is 10.1. The van der Waals surface area contributed by atoms with E-state index in [0.29, 0.717) is 17.0 Å². The molecule has 0 aromatic carbocycles. The number of hydrogen-bond donors (Lipinski definition) is 1. The van der Waals surface area contributed by atoms with Crippen molar-refractivity contribution in [2.45, 2.75) is 6.92 Å². The van der Waals surface area contributed by atoms with Crippen LogP contribution >= 0.6 is 0 Å². The van der Waals surface area contributed by atoms with E-state index in [4.69, 9.17) is 5.11 Å². The van der Waals surface area contributed by atoms with Crippen molar-refractivity contribution in [3.8, 4) is 11.4 Å². The predicted molar refractivity (Wildman–Crippen MR) is 67.9 cm³/mol. The number of aryl methyl sites for hydroxylation is 1. The summed E-state index contributed by atoms with van der Waals surface area (Å²) in [7, 11) is 0. The third-order valence-electron chi connectivity index (χ3n) is 2.82. The Kier molecular flexibility index (Phi) is 2.49. The molecule has 0 unspecified atom stereocenters. The maximum absolute atomic E-state index is 11.2. The van der Waals surface area contributed by atoms with Gasteiger partial charge in [0.05, 0.1) is 17.1 Å². The molecule has 19 heavy (non-hydrogen) atoms. The van der Waals surface area contributed by atoms with Crippen LogP contribution in [0, 0.1) is 6.92 Å². The minimum atomic E-state index is -1.02.